The number of nitrogens with zero attached hydrogens (tertiary/aromatic N) is 3. The fourth-order valence-corrected chi connectivity index (χ4v) is 3.29. The van der Waals surface area contributed by atoms with Crippen LogP contribution in [0.4, 0.5) is 0 Å². The topological polar surface area (TPSA) is 43.3 Å². The molecule has 4 nitrogen and oxygen atoms in total. The van der Waals surface area contributed by atoms with Gasteiger partial charge in [0, 0.05) is 10.9 Å². The zero-order valence-corrected chi connectivity index (χ0v) is 12.1. The smallest absolute Gasteiger partial charge is 0.212 e. The van der Waals surface area contributed by atoms with Crippen molar-refractivity contribution in [2.75, 3.05) is 0 Å². The van der Waals surface area contributed by atoms with Crippen molar-refractivity contribution >= 4 is 27.3 Å². The summed E-state index contributed by atoms with van der Waals surface area (Å²) >= 11 is 1.59. The molecule has 1 aromatic carbocycles. The monoisotopic (exact) mass is 283 g/mol. The van der Waals surface area contributed by atoms with E-state index in [1.54, 1.807) is 11.3 Å². The lowest BCUT2D eigenvalue weighted by molar-refractivity contribution is 0.625. The van der Waals surface area contributed by atoms with Crippen LogP contribution >= 0.6 is 11.3 Å². The molecule has 0 aliphatic carbocycles. The molecule has 5 heteroatoms. The number of para-hydroxylation sites is 1. The van der Waals surface area contributed by atoms with Crippen molar-refractivity contribution < 1.29 is 4.42 Å². The third-order valence-electron chi connectivity index (χ3n) is 3.43. The lowest BCUT2D eigenvalue weighted by Crippen LogP contribution is -1.83. The fourth-order valence-electron chi connectivity index (χ4n) is 2.57. The molecule has 0 radical (unpaired) electrons. The summed E-state index contributed by atoms with van der Waals surface area (Å²) in [5, 5.41) is 6.58. The number of aromatic nitrogens is 3. The van der Waals surface area contributed by atoms with Crippen molar-refractivity contribution in [1.29, 1.82) is 0 Å². The predicted octanol–water partition coefficient (Wildman–Crippen LogP) is 4.07. The maximum absolute atomic E-state index is 6.01. The van der Waals surface area contributed by atoms with Crippen LogP contribution in [0.2, 0.25) is 0 Å². The van der Waals surface area contributed by atoms with E-state index in [1.807, 2.05) is 35.8 Å². The van der Waals surface area contributed by atoms with Gasteiger partial charge in [-0.2, -0.15) is 5.10 Å². The summed E-state index contributed by atoms with van der Waals surface area (Å²) in [6.07, 6.45) is 2.86. The number of imidazole rings is 1. The first-order valence-corrected chi connectivity index (χ1v) is 7.41. The maximum Gasteiger partial charge on any atom is 0.212 e. The van der Waals surface area contributed by atoms with Gasteiger partial charge < -0.3 is 4.42 Å². The fraction of sp³-hybridized carbons (Fsp3) is 0.200. The van der Waals surface area contributed by atoms with E-state index < -0.39 is 0 Å². The second kappa shape index (κ2) is 4.18. The maximum atomic E-state index is 6.01. The molecule has 3 aromatic heterocycles. The second-order valence-corrected chi connectivity index (χ2v) is 5.89. The molecule has 0 saturated heterocycles. The molecule has 100 valence electrons. The van der Waals surface area contributed by atoms with E-state index in [9.17, 15) is 0 Å². The molecule has 0 spiro atoms. The zero-order chi connectivity index (χ0) is 13.7. The summed E-state index contributed by atoms with van der Waals surface area (Å²) in [6.45, 7) is 4.12. The summed E-state index contributed by atoms with van der Waals surface area (Å²) < 4.78 is 7.83. The second-order valence-electron chi connectivity index (χ2n) is 4.73. The van der Waals surface area contributed by atoms with Crippen LogP contribution in [0.15, 0.2) is 34.9 Å². The summed E-state index contributed by atoms with van der Waals surface area (Å²) in [5.41, 5.74) is 2.99. The molecule has 3 heterocycles. The van der Waals surface area contributed by atoms with E-state index in [1.165, 1.54) is 10.9 Å². The minimum absolute atomic E-state index is 0.858. The highest BCUT2D eigenvalue weighted by atomic mass is 32.1. The standard InChI is InChI=1S/C15H13N3OS/c1-3-10-11-6-4-5-7-13(11)19-14(10)12-8-18-15(16-12)20-9(2)17-18/h4-8H,3H2,1-2H3. The first-order valence-electron chi connectivity index (χ1n) is 6.60. The summed E-state index contributed by atoms with van der Waals surface area (Å²) in [5.74, 6) is 0.865. The normalized spacial score (nSPS) is 11.7. The van der Waals surface area contributed by atoms with Crippen LogP contribution in [-0.4, -0.2) is 14.6 Å². The van der Waals surface area contributed by atoms with Crippen molar-refractivity contribution in [3.63, 3.8) is 0 Å². The predicted molar refractivity (Wildman–Crippen MR) is 80.2 cm³/mol. The molecule has 4 aromatic rings. The van der Waals surface area contributed by atoms with Gasteiger partial charge in [-0.25, -0.2) is 9.50 Å². The number of rotatable bonds is 2. The van der Waals surface area contributed by atoms with Crippen LogP contribution in [0, 0.1) is 6.92 Å². The number of hydrogen-bond donors (Lipinski definition) is 0. The van der Waals surface area contributed by atoms with Gasteiger partial charge in [-0.3, -0.25) is 0 Å². The Labute approximate surface area is 119 Å². The van der Waals surface area contributed by atoms with Crippen LogP contribution in [0.1, 0.15) is 17.5 Å². The summed E-state index contributed by atoms with van der Waals surface area (Å²) in [4.78, 5) is 5.54. The quantitative estimate of drug-likeness (QED) is 0.557. The number of furan rings is 1. The van der Waals surface area contributed by atoms with E-state index in [0.29, 0.717) is 0 Å². The van der Waals surface area contributed by atoms with Crippen molar-refractivity contribution in [1.82, 2.24) is 14.6 Å². The van der Waals surface area contributed by atoms with E-state index in [4.69, 9.17) is 4.42 Å². The number of benzene rings is 1. The van der Waals surface area contributed by atoms with Crippen molar-refractivity contribution in [2.24, 2.45) is 0 Å². The highest BCUT2D eigenvalue weighted by Crippen LogP contribution is 2.33. The lowest BCUT2D eigenvalue weighted by Gasteiger charge is -1.95. The van der Waals surface area contributed by atoms with Gasteiger partial charge in [-0.15, -0.1) is 0 Å². The largest absolute Gasteiger partial charge is 0.454 e. The lowest BCUT2D eigenvalue weighted by atomic mass is 10.1. The molecule has 0 fully saturated rings. The molecule has 0 unspecified atom stereocenters. The summed E-state index contributed by atoms with van der Waals surface area (Å²) in [6, 6.07) is 8.13. The minimum Gasteiger partial charge on any atom is -0.454 e. The average Bonchev–Trinajstić information content (AvgIpc) is 3.07. The first-order chi connectivity index (χ1) is 9.76. The Morgan fingerprint density at radius 1 is 1.30 bits per heavy atom. The molecule has 0 aliphatic heterocycles. The highest BCUT2D eigenvalue weighted by molar-refractivity contribution is 7.16. The number of hydrogen-bond acceptors (Lipinski definition) is 4. The SMILES string of the molecule is CCc1c(-c2cn3nc(C)sc3n2)oc2ccccc12. The molecule has 0 bridgehead atoms. The molecule has 0 atom stereocenters. The highest BCUT2D eigenvalue weighted by Gasteiger charge is 2.17. The zero-order valence-electron chi connectivity index (χ0n) is 11.3. The molecule has 20 heavy (non-hydrogen) atoms. The van der Waals surface area contributed by atoms with Gasteiger partial charge in [0.25, 0.3) is 0 Å². The van der Waals surface area contributed by atoms with Crippen molar-refractivity contribution in [3.05, 3.63) is 41.0 Å². The van der Waals surface area contributed by atoms with Crippen LogP contribution in [0.25, 0.3) is 27.4 Å². The molecule has 4 rings (SSSR count). The Bertz CT molecular complexity index is 884. The third-order valence-corrected chi connectivity index (χ3v) is 4.27. The van der Waals surface area contributed by atoms with Gasteiger partial charge in [-0.05, 0) is 19.4 Å². The van der Waals surface area contributed by atoms with E-state index in [0.717, 1.165) is 33.4 Å². The molecule has 0 aliphatic rings. The van der Waals surface area contributed by atoms with Gasteiger partial charge in [0.1, 0.15) is 16.3 Å². The van der Waals surface area contributed by atoms with Crippen LogP contribution in [-0.2, 0) is 6.42 Å². The Kier molecular flexibility index (Phi) is 2.44. The van der Waals surface area contributed by atoms with E-state index in [2.05, 4.69) is 23.1 Å². The summed E-state index contributed by atoms with van der Waals surface area (Å²) in [7, 11) is 0. The van der Waals surface area contributed by atoms with Crippen molar-refractivity contribution in [2.45, 2.75) is 20.3 Å². The molecule has 0 N–H and O–H groups in total. The third kappa shape index (κ3) is 1.59. The molecular weight excluding hydrogens is 270 g/mol. The first kappa shape index (κ1) is 11.7. The minimum atomic E-state index is 0.858. The van der Waals surface area contributed by atoms with Gasteiger partial charge >= 0.3 is 0 Å². The van der Waals surface area contributed by atoms with Crippen LogP contribution < -0.4 is 0 Å². The van der Waals surface area contributed by atoms with Gasteiger partial charge in [0.2, 0.25) is 4.96 Å². The van der Waals surface area contributed by atoms with Gasteiger partial charge in [-0.1, -0.05) is 36.5 Å². The van der Waals surface area contributed by atoms with Gasteiger partial charge in [0.15, 0.2) is 5.76 Å². The Morgan fingerprint density at radius 2 is 2.15 bits per heavy atom. The average molecular weight is 283 g/mol. The number of fused-ring (bicyclic) bond motifs is 2. The Hall–Kier alpha value is -2.14. The van der Waals surface area contributed by atoms with E-state index in [-0.39, 0.29) is 0 Å². The van der Waals surface area contributed by atoms with Crippen LogP contribution in [0.5, 0.6) is 0 Å². The van der Waals surface area contributed by atoms with Crippen LogP contribution in [0.3, 0.4) is 0 Å². The number of aryl methyl sites for hydroxylation is 2. The molecule has 0 amide bonds. The molecular formula is C15H13N3OS. The van der Waals surface area contributed by atoms with E-state index >= 15 is 0 Å². The van der Waals surface area contributed by atoms with Gasteiger partial charge in [0.05, 0.1) is 6.20 Å². The Balaban J connectivity index is 1.98. The molecule has 0 saturated carbocycles. The Morgan fingerprint density at radius 3 is 2.95 bits per heavy atom. The van der Waals surface area contributed by atoms with Crippen molar-refractivity contribution in [3.8, 4) is 11.5 Å².